The Balaban J connectivity index is 1.59. The first-order valence-corrected chi connectivity index (χ1v) is 11.2. The van der Waals surface area contributed by atoms with Gasteiger partial charge in [-0.1, -0.05) is 6.07 Å². The topological polar surface area (TPSA) is 106 Å². The summed E-state index contributed by atoms with van der Waals surface area (Å²) in [6.07, 6.45) is 5.23. The number of hydrogen-bond donors (Lipinski definition) is 2. The minimum absolute atomic E-state index is 0.223. The quantitative estimate of drug-likeness (QED) is 0.480. The molecule has 0 atom stereocenters. The summed E-state index contributed by atoms with van der Waals surface area (Å²) in [5, 5.41) is 7.23. The molecule has 1 aliphatic rings. The van der Waals surface area contributed by atoms with Crippen LogP contribution >= 0.6 is 15.9 Å². The number of nitrogens with zero attached hydrogens (tertiary/aromatic N) is 2. The average Bonchev–Trinajstić information content (AvgIpc) is 3.15. The Kier molecular flexibility index (Phi) is 6.60. The maximum atomic E-state index is 13.0. The Labute approximate surface area is 199 Å². The lowest BCUT2D eigenvalue weighted by Crippen LogP contribution is -2.22. The van der Waals surface area contributed by atoms with Crippen LogP contribution in [0.1, 0.15) is 56.2 Å². The molecule has 0 aliphatic heterocycles. The number of rotatable bonds is 5. The van der Waals surface area contributed by atoms with E-state index < -0.39 is 0 Å². The van der Waals surface area contributed by atoms with Crippen molar-refractivity contribution in [3.63, 3.8) is 0 Å². The molecule has 0 radical (unpaired) electrons. The Morgan fingerprint density at radius 3 is 2.73 bits per heavy atom. The van der Waals surface area contributed by atoms with Gasteiger partial charge < -0.3 is 14.5 Å². The number of pyridine rings is 1. The van der Waals surface area contributed by atoms with Crippen molar-refractivity contribution < 1.29 is 18.7 Å². The predicted octanol–water partition coefficient (Wildman–Crippen LogP) is 4.79. The highest BCUT2D eigenvalue weighted by Gasteiger charge is 2.28. The van der Waals surface area contributed by atoms with Gasteiger partial charge in [-0.2, -0.15) is 5.10 Å². The number of anilines is 1. The van der Waals surface area contributed by atoms with E-state index in [4.69, 9.17) is 9.15 Å². The highest BCUT2D eigenvalue weighted by molar-refractivity contribution is 9.10. The standard InChI is InChI=1S/C24H23BrN4O4/c1-13-7-8-19(32-3)18(9-13)27-24(31)22-14(2)21-17(5-4-6-20(21)33-22)28-29-23(30)15-10-16(25)12-26-11-15/h7-12H,4-6H2,1-3H3,(H,27,31)(H,29,30)/b28-17+. The number of amides is 2. The van der Waals surface area contributed by atoms with Gasteiger partial charge in [0.25, 0.3) is 11.8 Å². The lowest BCUT2D eigenvalue weighted by Gasteiger charge is -2.13. The Bertz CT molecular complexity index is 1270. The third kappa shape index (κ3) is 4.83. The molecular weight excluding hydrogens is 488 g/mol. The third-order valence-electron chi connectivity index (χ3n) is 5.39. The molecule has 1 aliphatic carbocycles. The van der Waals surface area contributed by atoms with E-state index in [0.717, 1.165) is 17.5 Å². The minimum atomic E-state index is -0.367. The van der Waals surface area contributed by atoms with Gasteiger partial charge in [-0.15, -0.1) is 0 Å². The SMILES string of the molecule is COc1ccc(C)cc1NC(=O)c1oc2c(c1C)/C(=N/NC(=O)c1cncc(Br)c1)CCC2. The number of carbonyl (C=O) groups excluding carboxylic acids is 2. The second-order valence-electron chi connectivity index (χ2n) is 7.76. The van der Waals surface area contributed by atoms with Crippen LogP contribution in [0.3, 0.4) is 0 Å². The van der Waals surface area contributed by atoms with Gasteiger partial charge in [-0.05, 0) is 66.4 Å². The number of methoxy groups -OCH3 is 1. The van der Waals surface area contributed by atoms with E-state index in [1.807, 2.05) is 26.0 Å². The molecular formula is C24H23BrN4O4. The van der Waals surface area contributed by atoms with Crippen LogP contribution in [0.2, 0.25) is 0 Å². The van der Waals surface area contributed by atoms with E-state index in [9.17, 15) is 9.59 Å². The average molecular weight is 511 g/mol. The van der Waals surface area contributed by atoms with E-state index in [1.54, 1.807) is 25.4 Å². The van der Waals surface area contributed by atoms with Crippen LogP contribution in [-0.2, 0) is 6.42 Å². The van der Waals surface area contributed by atoms with Crippen LogP contribution in [0.15, 0.2) is 50.7 Å². The van der Waals surface area contributed by atoms with E-state index in [0.29, 0.717) is 51.4 Å². The summed E-state index contributed by atoms with van der Waals surface area (Å²) in [5.74, 6) is 0.747. The van der Waals surface area contributed by atoms with Crippen molar-refractivity contribution in [1.29, 1.82) is 0 Å². The van der Waals surface area contributed by atoms with Crippen LogP contribution in [-0.4, -0.2) is 29.6 Å². The number of carbonyl (C=O) groups is 2. The van der Waals surface area contributed by atoms with Crippen LogP contribution in [0.25, 0.3) is 0 Å². The number of hydrazone groups is 1. The van der Waals surface area contributed by atoms with Crippen molar-refractivity contribution in [3.05, 3.63) is 74.9 Å². The van der Waals surface area contributed by atoms with Gasteiger partial charge in [0.15, 0.2) is 5.76 Å². The fourth-order valence-electron chi connectivity index (χ4n) is 3.81. The molecule has 0 fully saturated rings. The second-order valence-corrected chi connectivity index (χ2v) is 8.67. The number of aryl methyl sites for hydroxylation is 2. The van der Waals surface area contributed by atoms with E-state index in [2.05, 4.69) is 36.8 Å². The molecule has 2 aromatic heterocycles. The van der Waals surface area contributed by atoms with Crippen LogP contribution in [0.5, 0.6) is 5.75 Å². The number of ether oxygens (including phenoxy) is 1. The van der Waals surface area contributed by atoms with Gasteiger partial charge in [0.05, 0.1) is 24.1 Å². The molecule has 170 valence electrons. The van der Waals surface area contributed by atoms with Gasteiger partial charge in [0, 0.05) is 34.4 Å². The Morgan fingerprint density at radius 2 is 1.97 bits per heavy atom. The van der Waals surface area contributed by atoms with Crippen molar-refractivity contribution >= 4 is 39.1 Å². The number of nitrogens with one attached hydrogen (secondary N) is 2. The summed E-state index contributed by atoms with van der Waals surface area (Å²) >= 11 is 3.31. The first kappa shape index (κ1) is 22.7. The van der Waals surface area contributed by atoms with E-state index in [-0.39, 0.29) is 17.6 Å². The number of furan rings is 1. The van der Waals surface area contributed by atoms with Crippen molar-refractivity contribution in [3.8, 4) is 5.75 Å². The maximum absolute atomic E-state index is 13.0. The molecule has 0 spiro atoms. The molecule has 0 saturated carbocycles. The minimum Gasteiger partial charge on any atom is -0.495 e. The van der Waals surface area contributed by atoms with Gasteiger partial charge in [0.2, 0.25) is 0 Å². The fraction of sp³-hybridized carbons (Fsp3) is 0.250. The lowest BCUT2D eigenvalue weighted by molar-refractivity contribution is 0.0953. The summed E-state index contributed by atoms with van der Waals surface area (Å²) < 4.78 is 12.0. The zero-order valence-corrected chi connectivity index (χ0v) is 20.1. The predicted molar refractivity (Wildman–Crippen MR) is 128 cm³/mol. The summed E-state index contributed by atoms with van der Waals surface area (Å²) in [6, 6.07) is 7.22. The van der Waals surface area contributed by atoms with Gasteiger partial charge >= 0.3 is 0 Å². The maximum Gasteiger partial charge on any atom is 0.291 e. The zero-order chi connectivity index (χ0) is 23.5. The van der Waals surface area contributed by atoms with Gasteiger partial charge in [0.1, 0.15) is 11.5 Å². The normalized spacial score (nSPS) is 14.0. The number of hydrogen-bond acceptors (Lipinski definition) is 6. The summed E-state index contributed by atoms with van der Waals surface area (Å²) in [6.45, 7) is 3.76. The number of fused-ring (bicyclic) bond motifs is 1. The molecule has 8 nitrogen and oxygen atoms in total. The van der Waals surface area contributed by atoms with Crippen molar-refractivity contribution in [2.45, 2.75) is 33.1 Å². The third-order valence-corrected chi connectivity index (χ3v) is 5.83. The fourth-order valence-corrected chi connectivity index (χ4v) is 4.18. The zero-order valence-electron chi connectivity index (χ0n) is 18.5. The van der Waals surface area contributed by atoms with Crippen LogP contribution in [0, 0.1) is 13.8 Å². The second kappa shape index (κ2) is 9.58. The number of halogens is 1. The molecule has 1 aromatic carbocycles. The first-order valence-electron chi connectivity index (χ1n) is 10.4. The molecule has 3 aromatic rings. The lowest BCUT2D eigenvalue weighted by atomic mass is 9.93. The molecule has 9 heteroatoms. The molecule has 2 amide bonds. The number of aromatic nitrogens is 1. The number of benzene rings is 1. The van der Waals surface area contributed by atoms with E-state index in [1.165, 1.54) is 6.20 Å². The van der Waals surface area contributed by atoms with Crippen LogP contribution < -0.4 is 15.5 Å². The summed E-state index contributed by atoms with van der Waals surface area (Å²) in [4.78, 5) is 29.5. The molecule has 2 heterocycles. The van der Waals surface area contributed by atoms with E-state index >= 15 is 0 Å². The highest BCUT2D eigenvalue weighted by Crippen LogP contribution is 2.31. The molecule has 0 unspecified atom stereocenters. The van der Waals surface area contributed by atoms with Crippen molar-refractivity contribution in [1.82, 2.24) is 10.4 Å². The van der Waals surface area contributed by atoms with Crippen molar-refractivity contribution in [2.24, 2.45) is 5.10 Å². The molecule has 0 saturated heterocycles. The molecule has 33 heavy (non-hydrogen) atoms. The molecule has 4 rings (SSSR count). The largest absolute Gasteiger partial charge is 0.495 e. The first-order chi connectivity index (χ1) is 15.9. The molecule has 2 N–H and O–H groups in total. The highest BCUT2D eigenvalue weighted by atomic mass is 79.9. The summed E-state index contributed by atoms with van der Waals surface area (Å²) in [7, 11) is 1.55. The smallest absolute Gasteiger partial charge is 0.291 e. The van der Waals surface area contributed by atoms with Crippen molar-refractivity contribution in [2.75, 3.05) is 12.4 Å². The van der Waals surface area contributed by atoms with Crippen LogP contribution in [0.4, 0.5) is 5.69 Å². The van der Waals surface area contributed by atoms with Gasteiger partial charge in [-0.3, -0.25) is 14.6 Å². The monoisotopic (exact) mass is 510 g/mol. The van der Waals surface area contributed by atoms with Gasteiger partial charge in [-0.25, -0.2) is 5.43 Å². The Hall–Kier alpha value is -3.46. The summed E-state index contributed by atoms with van der Waals surface area (Å²) in [5.41, 5.74) is 6.69. The molecule has 0 bridgehead atoms. The Morgan fingerprint density at radius 1 is 1.15 bits per heavy atom.